The van der Waals surface area contributed by atoms with E-state index in [2.05, 4.69) is 11.9 Å². The maximum Gasteiger partial charge on any atom is 0.226 e. The van der Waals surface area contributed by atoms with Crippen LogP contribution in [-0.2, 0) is 16.1 Å². The fourth-order valence-electron chi connectivity index (χ4n) is 2.64. The molecule has 2 heterocycles. The van der Waals surface area contributed by atoms with Gasteiger partial charge in [-0.05, 0) is 25.7 Å². The number of hydrogen-bond acceptors (Lipinski definition) is 4. The molecule has 5 heteroatoms. The van der Waals surface area contributed by atoms with Gasteiger partial charge in [0, 0.05) is 24.4 Å². The Morgan fingerprint density at radius 2 is 2.42 bits per heavy atom. The van der Waals surface area contributed by atoms with Gasteiger partial charge in [0.1, 0.15) is 0 Å². The Labute approximate surface area is 117 Å². The Hall–Kier alpha value is -0.940. The van der Waals surface area contributed by atoms with Crippen molar-refractivity contribution in [3.63, 3.8) is 0 Å². The van der Waals surface area contributed by atoms with Gasteiger partial charge in [-0.2, -0.15) is 0 Å². The van der Waals surface area contributed by atoms with E-state index >= 15 is 0 Å². The molecule has 0 aromatic carbocycles. The van der Waals surface area contributed by atoms with Crippen LogP contribution in [0.5, 0.6) is 0 Å². The SMILES string of the molecule is Cc1nc(CO[C@@H]2CCN(C(=O)[C@H]3C[C@@H]3C)C2)cs1. The largest absolute Gasteiger partial charge is 0.370 e. The molecule has 0 N–H and O–H groups in total. The second-order valence-electron chi connectivity index (χ2n) is 5.68. The van der Waals surface area contributed by atoms with Crippen molar-refractivity contribution >= 4 is 17.2 Å². The maximum atomic E-state index is 12.1. The van der Waals surface area contributed by atoms with Gasteiger partial charge < -0.3 is 9.64 Å². The molecule has 2 aliphatic rings. The summed E-state index contributed by atoms with van der Waals surface area (Å²) in [7, 11) is 0. The van der Waals surface area contributed by atoms with Crippen LogP contribution in [0.15, 0.2) is 5.38 Å². The van der Waals surface area contributed by atoms with Gasteiger partial charge in [-0.1, -0.05) is 6.92 Å². The highest BCUT2D eigenvalue weighted by molar-refractivity contribution is 7.09. The zero-order valence-electron chi connectivity index (χ0n) is 11.5. The zero-order chi connectivity index (χ0) is 13.4. The van der Waals surface area contributed by atoms with Crippen LogP contribution in [0.3, 0.4) is 0 Å². The van der Waals surface area contributed by atoms with E-state index < -0.39 is 0 Å². The normalized spacial score (nSPS) is 29.8. The fraction of sp³-hybridized carbons (Fsp3) is 0.714. The summed E-state index contributed by atoms with van der Waals surface area (Å²) < 4.78 is 5.86. The second-order valence-corrected chi connectivity index (χ2v) is 6.75. The quantitative estimate of drug-likeness (QED) is 0.849. The highest BCUT2D eigenvalue weighted by Crippen LogP contribution is 2.39. The van der Waals surface area contributed by atoms with Crippen LogP contribution in [0.25, 0.3) is 0 Å². The van der Waals surface area contributed by atoms with Crippen molar-refractivity contribution in [2.24, 2.45) is 11.8 Å². The van der Waals surface area contributed by atoms with Crippen LogP contribution in [-0.4, -0.2) is 35.0 Å². The third-order valence-electron chi connectivity index (χ3n) is 4.02. The fourth-order valence-corrected chi connectivity index (χ4v) is 3.24. The Morgan fingerprint density at radius 1 is 1.63 bits per heavy atom. The lowest BCUT2D eigenvalue weighted by atomic mass is 10.3. The summed E-state index contributed by atoms with van der Waals surface area (Å²) in [5.41, 5.74) is 1.00. The van der Waals surface area contributed by atoms with E-state index in [4.69, 9.17) is 4.74 Å². The van der Waals surface area contributed by atoms with E-state index in [1.54, 1.807) is 11.3 Å². The molecule has 3 rings (SSSR count). The van der Waals surface area contributed by atoms with Crippen LogP contribution in [0.4, 0.5) is 0 Å². The maximum absolute atomic E-state index is 12.1. The number of aromatic nitrogens is 1. The standard InChI is InChI=1S/C14H20N2O2S/c1-9-5-13(9)14(17)16-4-3-12(6-16)18-7-11-8-19-10(2)15-11/h8-9,12-13H,3-7H2,1-2H3/t9-,12+,13-/m0/s1. The first kappa shape index (κ1) is 13.1. The zero-order valence-corrected chi connectivity index (χ0v) is 12.3. The van der Waals surface area contributed by atoms with Crippen molar-refractivity contribution in [2.75, 3.05) is 13.1 Å². The van der Waals surface area contributed by atoms with Crippen LogP contribution in [0.2, 0.25) is 0 Å². The van der Waals surface area contributed by atoms with Crippen molar-refractivity contribution < 1.29 is 9.53 Å². The number of amides is 1. The van der Waals surface area contributed by atoms with E-state index in [-0.39, 0.29) is 6.10 Å². The van der Waals surface area contributed by atoms with Gasteiger partial charge in [0.2, 0.25) is 5.91 Å². The molecule has 19 heavy (non-hydrogen) atoms. The van der Waals surface area contributed by atoms with Gasteiger partial charge in [-0.25, -0.2) is 4.98 Å². The van der Waals surface area contributed by atoms with E-state index in [1.165, 1.54) is 0 Å². The molecule has 1 saturated heterocycles. The van der Waals surface area contributed by atoms with Crippen molar-refractivity contribution in [3.05, 3.63) is 16.1 Å². The van der Waals surface area contributed by atoms with Gasteiger partial charge >= 0.3 is 0 Å². The van der Waals surface area contributed by atoms with Crippen molar-refractivity contribution in [3.8, 4) is 0 Å². The summed E-state index contributed by atoms with van der Waals surface area (Å²) in [5.74, 6) is 1.22. The Balaban J connectivity index is 1.45. The van der Waals surface area contributed by atoms with E-state index in [1.807, 2.05) is 17.2 Å². The average molecular weight is 280 g/mol. The third-order valence-corrected chi connectivity index (χ3v) is 4.84. The number of aryl methyl sites for hydroxylation is 1. The third kappa shape index (κ3) is 2.98. The van der Waals surface area contributed by atoms with Gasteiger partial charge in [-0.15, -0.1) is 11.3 Å². The van der Waals surface area contributed by atoms with E-state index in [0.29, 0.717) is 24.3 Å². The predicted molar refractivity (Wildman–Crippen MR) is 73.9 cm³/mol. The summed E-state index contributed by atoms with van der Waals surface area (Å²) in [6, 6.07) is 0. The molecule has 1 amide bonds. The van der Waals surface area contributed by atoms with Crippen molar-refractivity contribution in [1.29, 1.82) is 0 Å². The van der Waals surface area contributed by atoms with Crippen LogP contribution < -0.4 is 0 Å². The van der Waals surface area contributed by atoms with Gasteiger partial charge in [0.15, 0.2) is 0 Å². The molecule has 104 valence electrons. The number of ether oxygens (including phenoxy) is 1. The van der Waals surface area contributed by atoms with Gasteiger partial charge in [-0.3, -0.25) is 4.79 Å². The summed E-state index contributed by atoms with van der Waals surface area (Å²) >= 11 is 1.65. The monoisotopic (exact) mass is 280 g/mol. The second kappa shape index (κ2) is 5.21. The van der Waals surface area contributed by atoms with E-state index in [9.17, 15) is 4.79 Å². The van der Waals surface area contributed by atoms with Crippen molar-refractivity contribution in [2.45, 2.75) is 39.4 Å². The lowest BCUT2D eigenvalue weighted by molar-refractivity contribution is -0.132. The number of carbonyl (C=O) groups excluding carboxylic acids is 1. The number of carbonyl (C=O) groups is 1. The van der Waals surface area contributed by atoms with Crippen LogP contribution in [0, 0.1) is 18.8 Å². The predicted octanol–water partition coefficient (Wildman–Crippen LogP) is 2.23. The molecule has 0 radical (unpaired) electrons. The number of likely N-dealkylation sites (tertiary alicyclic amines) is 1. The molecule has 0 bridgehead atoms. The van der Waals surface area contributed by atoms with Gasteiger partial charge in [0.25, 0.3) is 0 Å². The summed E-state index contributed by atoms with van der Waals surface area (Å²) in [6.45, 7) is 6.32. The van der Waals surface area contributed by atoms with Crippen molar-refractivity contribution in [1.82, 2.24) is 9.88 Å². The minimum atomic E-state index is 0.181. The molecule has 0 unspecified atom stereocenters. The average Bonchev–Trinajstić information content (AvgIpc) is 2.81. The Morgan fingerprint density at radius 3 is 3.05 bits per heavy atom. The molecule has 1 aliphatic carbocycles. The molecular weight excluding hydrogens is 260 g/mol. The highest BCUT2D eigenvalue weighted by Gasteiger charge is 2.43. The molecule has 2 fully saturated rings. The minimum Gasteiger partial charge on any atom is -0.370 e. The summed E-state index contributed by atoms with van der Waals surface area (Å²) in [6.07, 6.45) is 2.20. The Kier molecular flexibility index (Phi) is 3.58. The molecule has 0 spiro atoms. The lowest BCUT2D eigenvalue weighted by Gasteiger charge is -2.16. The summed E-state index contributed by atoms with van der Waals surface area (Å²) in [5, 5.41) is 3.11. The molecule has 1 saturated carbocycles. The highest BCUT2D eigenvalue weighted by atomic mass is 32.1. The lowest BCUT2D eigenvalue weighted by Crippen LogP contribution is -2.31. The number of thiazole rings is 1. The molecule has 1 aromatic heterocycles. The molecule has 4 nitrogen and oxygen atoms in total. The first-order chi connectivity index (χ1) is 9.13. The number of nitrogens with zero attached hydrogens (tertiary/aromatic N) is 2. The molecule has 3 atom stereocenters. The molecule has 1 aliphatic heterocycles. The number of hydrogen-bond donors (Lipinski definition) is 0. The van der Waals surface area contributed by atoms with Crippen LogP contribution in [0.1, 0.15) is 30.5 Å². The summed E-state index contributed by atoms with van der Waals surface area (Å²) in [4.78, 5) is 18.5. The smallest absolute Gasteiger partial charge is 0.226 e. The molecule has 1 aromatic rings. The first-order valence-corrected chi connectivity index (χ1v) is 7.83. The topological polar surface area (TPSA) is 42.4 Å². The van der Waals surface area contributed by atoms with Gasteiger partial charge in [0.05, 0.1) is 23.4 Å². The van der Waals surface area contributed by atoms with Crippen LogP contribution >= 0.6 is 11.3 Å². The first-order valence-electron chi connectivity index (χ1n) is 6.95. The number of rotatable bonds is 4. The Bertz CT molecular complexity index is 474. The van der Waals surface area contributed by atoms with E-state index in [0.717, 1.165) is 36.6 Å². The minimum absolute atomic E-state index is 0.181. The molecular formula is C14H20N2O2S.